The highest BCUT2D eigenvalue weighted by Gasteiger charge is 2.43. The molecule has 0 saturated heterocycles. The zero-order chi connectivity index (χ0) is 18.3. The fraction of sp³-hybridized carbons (Fsp3) is 0.909. The van der Waals surface area contributed by atoms with Crippen LogP contribution in [0.15, 0.2) is 0 Å². The number of rotatable bonds is 7. The normalized spacial score (nSPS) is 39.8. The summed E-state index contributed by atoms with van der Waals surface area (Å²) in [5.41, 5.74) is 0. The van der Waals surface area contributed by atoms with Crippen LogP contribution in [0.2, 0.25) is 0 Å². The lowest BCUT2D eigenvalue weighted by molar-refractivity contribution is -0.127. The zero-order valence-electron chi connectivity index (χ0n) is 16.5. The summed E-state index contributed by atoms with van der Waals surface area (Å²) in [5, 5.41) is 6.35. The van der Waals surface area contributed by atoms with Crippen molar-refractivity contribution in [2.75, 3.05) is 0 Å². The summed E-state index contributed by atoms with van der Waals surface area (Å²) in [6.45, 7) is 4.31. The molecular weight excluding hydrogens is 324 g/mol. The summed E-state index contributed by atoms with van der Waals surface area (Å²) in [4.78, 5) is 24.6. The number of hydrogen-bond acceptors (Lipinski definition) is 2. The lowest BCUT2D eigenvalue weighted by Crippen LogP contribution is -2.42. The smallest absolute Gasteiger partial charge is 0.220 e. The fourth-order valence-corrected chi connectivity index (χ4v) is 6.91. The number of nitrogens with one attached hydrogen (secondary N) is 2. The second-order valence-corrected chi connectivity index (χ2v) is 9.89. The molecule has 2 amide bonds. The van der Waals surface area contributed by atoms with Gasteiger partial charge in [0.1, 0.15) is 0 Å². The second kappa shape index (κ2) is 7.52. The predicted octanol–water partition coefficient (Wildman–Crippen LogP) is 3.65. The van der Waals surface area contributed by atoms with E-state index in [-0.39, 0.29) is 23.9 Å². The van der Waals surface area contributed by atoms with Crippen LogP contribution in [0.4, 0.5) is 0 Å². The molecule has 0 unspecified atom stereocenters. The van der Waals surface area contributed by atoms with Crippen molar-refractivity contribution in [2.24, 2.45) is 35.5 Å². The minimum atomic E-state index is 0.0444. The first-order valence-corrected chi connectivity index (χ1v) is 11.1. The van der Waals surface area contributed by atoms with Crippen LogP contribution in [-0.4, -0.2) is 23.9 Å². The number of amides is 2. The van der Waals surface area contributed by atoms with Gasteiger partial charge in [0.05, 0.1) is 0 Å². The molecule has 4 fully saturated rings. The first kappa shape index (κ1) is 18.3. The highest BCUT2D eigenvalue weighted by atomic mass is 16.2. The molecule has 2 N–H and O–H groups in total. The van der Waals surface area contributed by atoms with Crippen LogP contribution in [0.25, 0.3) is 0 Å². The number of carbonyl (C=O) groups is 2. The highest BCUT2D eigenvalue weighted by Crippen LogP contribution is 2.50. The van der Waals surface area contributed by atoms with Gasteiger partial charge in [-0.3, -0.25) is 9.59 Å². The zero-order valence-corrected chi connectivity index (χ0v) is 16.5. The number of carbonyl (C=O) groups excluding carboxylic acids is 2. The lowest BCUT2D eigenvalue weighted by Gasteiger charge is -2.29. The molecule has 0 spiro atoms. The quantitative estimate of drug-likeness (QED) is 0.728. The standard InChI is InChI=1S/C22H36N2O2/c1-13(19-11-15-3-5-17(19)9-15)23-21(25)7-8-22(26)24-14(2)20-12-16-4-6-18(20)10-16/h13-20H,3-12H2,1-2H3,(H,23,25)(H,24,26)/t13-,14+,15-,16-,17-,18-,19+,20+/m1/s1. The van der Waals surface area contributed by atoms with E-state index in [9.17, 15) is 9.59 Å². The Morgan fingerprint density at radius 2 is 1.15 bits per heavy atom. The molecule has 26 heavy (non-hydrogen) atoms. The third-order valence-electron chi connectivity index (χ3n) is 8.23. The Morgan fingerprint density at radius 1 is 0.731 bits per heavy atom. The maximum Gasteiger partial charge on any atom is 0.220 e. The van der Waals surface area contributed by atoms with Crippen LogP contribution in [0.5, 0.6) is 0 Å². The van der Waals surface area contributed by atoms with Crippen molar-refractivity contribution in [1.82, 2.24) is 10.6 Å². The third-order valence-corrected chi connectivity index (χ3v) is 8.23. The molecule has 0 aromatic rings. The first-order valence-electron chi connectivity index (χ1n) is 11.1. The molecule has 0 aromatic heterocycles. The molecule has 4 nitrogen and oxygen atoms in total. The molecule has 4 aliphatic carbocycles. The first-order chi connectivity index (χ1) is 12.5. The Bertz CT molecular complexity index is 500. The van der Waals surface area contributed by atoms with Crippen molar-refractivity contribution in [1.29, 1.82) is 0 Å². The topological polar surface area (TPSA) is 58.2 Å². The van der Waals surface area contributed by atoms with Crippen LogP contribution < -0.4 is 10.6 Å². The average Bonchev–Trinajstić information content (AvgIpc) is 3.39. The molecule has 4 rings (SSSR count). The van der Waals surface area contributed by atoms with Gasteiger partial charge in [0.25, 0.3) is 0 Å². The van der Waals surface area contributed by atoms with E-state index in [0.29, 0.717) is 24.7 Å². The molecule has 4 saturated carbocycles. The van der Waals surface area contributed by atoms with Gasteiger partial charge >= 0.3 is 0 Å². The van der Waals surface area contributed by atoms with E-state index in [4.69, 9.17) is 0 Å². The van der Waals surface area contributed by atoms with E-state index >= 15 is 0 Å². The van der Waals surface area contributed by atoms with Gasteiger partial charge in [-0.2, -0.15) is 0 Å². The highest BCUT2D eigenvalue weighted by molar-refractivity contribution is 5.84. The Kier molecular flexibility index (Phi) is 5.29. The average molecular weight is 361 g/mol. The molecule has 4 aliphatic rings. The van der Waals surface area contributed by atoms with E-state index in [0.717, 1.165) is 23.7 Å². The molecule has 0 radical (unpaired) electrons. The molecule has 4 heteroatoms. The van der Waals surface area contributed by atoms with Gasteiger partial charge in [-0.25, -0.2) is 0 Å². The minimum Gasteiger partial charge on any atom is -0.353 e. The maximum absolute atomic E-state index is 12.3. The summed E-state index contributed by atoms with van der Waals surface area (Å²) in [5.74, 6) is 4.85. The predicted molar refractivity (Wildman–Crippen MR) is 102 cm³/mol. The van der Waals surface area contributed by atoms with Crippen molar-refractivity contribution < 1.29 is 9.59 Å². The SMILES string of the molecule is C[C@H](NC(=O)CCC(=O)N[C@H](C)[C@@H]1C[C@@H]2CC[C@@H]1C2)[C@@H]1C[C@@H]2CC[C@@H]1C2. The fourth-order valence-electron chi connectivity index (χ4n) is 6.91. The summed E-state index contributed by atoms with van der Waals surface area (Å²) in [6, 6.07) is 0.516. The Labute approximate surface area is 158 Å². The number of fused-ring (bicyclic) bond motifs is 4. The van der Waals surface area contributed by atoms with Gasteiger partial charge < -0.3 is 10.6 Å². The van der Waals surface area contributed by atoms with Gasteiger partial charge in [-0.15, -0.1) is 0 Å². The monoisotopic (exact) mass is 360 g/mol. The van der Waals surface area contributed by atoms with Crippen molar-refractivity contribution in [2.45, 2.75) is 90.1 Å². The van der Waals surface area contributed by atoms with E-state index in [1.165, 1.54) is 51.4 Å². The summed E-state index contributed by atoms with van der Waals surface area (Å²) >= 11 is 0. The van der Waals surface area contributed by atoms with E-state index in [1.807, 2.05) is 0 Å². The molecule has 8 atom stereocenters. The minimum absolute atomic E-state index is 0.0444. The Morgan fingerprint density at radius 3 is 1.46 bits per heavy atom. The molecule has 0 heterocycles. The molecule has 0 aromatic carbocycles. The largest absolute Gasteiger partial charge is 0.353 e. The van der Waals surface area contributed by atoms with Gasteiger partial charge in [-0.05, 0) is 87.9 Å². The Balaban J connectivity index is 1.15. The molecular formula is C22H36N2O2. The van der Waals surface area contributed by atoms with Crippen molar-refractivity contribution >= 4 is 11.8 Å². The van der Waals surface area contributed by atoms with Gasteiger partial charge in [0.15, 0.2) is 0 Å². The van der Waals surface area contributed by atoms with Gasteiger partial charge in [0.2, 0.25) is 11.8 Å². The summed E-state index contributed by atoms with van der Waals surface area (Å²) in [6.07, 6.45) is 11.4. The van der Waals surface area contributed by atoms with Crippen LogP contribution in [0.1, 0.15) is 78.1 Å². The lowest BCUT2D eigenvalue weighted by atomic mass is 9.84. The van der Waals surface area contributed by atoms with Crippen LogP contribution in [0.3, 0.4) is 0 Å². The molecule has 4 bridgehead atoms. The van der Waals surface area contributed by atoms with Crippen molar-refractivity contribution in [3.63, 3.8) is 0 Å². The van der Waals surface area contributed by atoms with Crippen LogP contribution >= 0.6 is 0 Å². The maximum atomic E-state index is 12.3. The van der Waals surface area contributed by atoms with Crippen molar-refractivity contribution in [3.05, 3.63) is 0 Å². The third kappa shape index (κ3) is 3.80. The van der Waals surface area contributed by atoms with Gasteiger partial charge in [-0.1, -0.05) is 12.8 Å². The van der Waals surface area contributed by atoms with Crippen molar-refractivity contribution in [3.8, 4) is 0 Å². The second-order valence-electron chi connectivity index (χ2n) is 9.89. The summed E-state index contributed by atoms with van der Waals surface area (Å²) in [7, 11) is 0. The van der Waals surface area contributed by atoms with E-state index in [2.05, 4.69) is 24.5 Å². The summed E-state index contributed by atoms with van der Waals surface area (Å²) < 4.78 is 0. The van der Waals surface area contributed by atoms with E-state index in [1.54, 1.807) is 0 Å². The molecule has 0 aliphatic heterocycles. The Hall–Kier alpha value is -1.06. The molecule has 146 valence electrons. The van der Waals surface area contributed by atoms with Crippen LogP contribution in [0, 0.1) is 35.5 Å². The number of hydrogen-bond donors (Lipinski definition) is 2. The van der Waals surface area contributed by atoms with Gasteiger partial charge in [0, 0.05) is 24.9 Å². The van der Waals surface area contributed by atoms with Crippen LogP contribution in [-0.2, 0) is 9.59 Å². The van der Waals surface area contributed by atoms with E-state index < -0.39 is 0 Å².